The topological polar surface area (TPSA) is 80.1 Å². The van der Waals surface area contributed by atoms with Crippen LogP contribution in [0, 0.1) is 0 Å². The van der Waals surface area contributed by atoms with Crippen LogP contribution in [0.1, 0.15) is 77.4 Å². The number of carbonyl (C=O) groups is 2. The molecule has 9 nitrogen and oxygen atoms in total. The van der Waals surface area contributed by atoms with Crippen molar-refractivity contribution in [3.8, 4) is 17.4 Å². The molecule has 0 saturated carbocycles. The van der Waals surface area contributed by atoms with Crippen LogP contribution >= 0.6 is 0 Å². The normalized spacial score (nSPS) is 13.6. The fourth-order valence-electron chi connectivity index (χ4n) is 6.75. The summed E-state index contributed by atoms with van der Waals surface area (Å²) in [6.45, 7) is 6.66. The van der Waals surface area contributed by atoms with Crippen LogP contribution in [0.3, 0.4) is 0 Å². The van der Waals surface area contributed by atoms with Gasteiger partial charge in [-0.3, -0.25) is 14.5 Å². The summed E-state index contributed by atoms with van der Waals surface area (Å²) < 4.78 is 52.6. The summed E-state index contributed by atoms with van der Waals surface area (Å²) in [5, 5.41) is 0.847. The third-order valence-corrected chi connectivity index (χ3v) is 10.1. The molecule has 0 spiro atoms. The second-order valence-electron chi connectivity index (χ2n) is 14.0. The van der Waals surface area contributed by atoms with Crippen molar-refractivity contribution in [2.45, 2.75) is 58.2 Å². The zero-order valence-corrected chi connectivity index (χ0v) is 31.6. The molecular formula is C43H48F3N5O4. The summed E-state index contributed by atoms with van der Waals surface area (Å²) >= 11 is 0. The summed E-state index contributed by atoms with van der Waals surface area (Å²) in [7, 11) is 3.41. The highest BCUT2D eigenvalue weighted by Crippen LogP contribution is 2.31. The van der Waals surface area contributed by atoms with Crippen molar-refractivity contribution in [2.24, 2.45) is 7.05 Å². The van der Waals surface area contributed by atoms with Gasteiger partial charge >= 0.3 is 6.18 Å². The predicted octanol–water partition coefficient (Wildman–Crippen LogP) is 9.36. The number of unbranched alkanes of at least 4 members (excludes halogenated alkanes) is 5. The standard InChI is InChI=1S/C43H48F3N5O4/c1-4-5-6-7-8-9-26-54-36-17-10-31(11-18-36)30-50-22-24-51(25-23-50)42(53)39-28-33-27-37(19-20-38(33)49(39)3)55-40-21-16-35(29-47-40)48(2)41(52)32-12-14-34(15-13-32)43(44,45)46/h10-21,27-29H,4-9,22-26,30H2,1-3H3. The summed E-state index contributed by atoms with van der Waals surface area (Å²) in [6, 6.07) is 23.1. The molecule has 5 aromatic rings. The third-order valence-electron chi connectivity index (χ3n) is 10.1. The minimum atomic E-state index is -4.48. The number of carbonyl (C=O) groups excluding carboxylic acids is 2. The number of amides is 2. The molecule has 3 aromatic carbocycles. The van der Waals surface area contributed by atoms with Gasteiger partial charge < -0.3 is 23.8 Å². The average molecular weight is 756 g/mol. The number of ether oxygens (including phenoxy) is 2. The number of aryl methyl sites for hydroxylation is 1. The number of fused-ring (bicyclic) bond motifs is 1. The van der Waals surface area contributed by atoms with Crippen molar-refractivity contribution in [1.82, 2.24) is 19.4 Å². The van der Waals surface area contributed by atoms with Crippen LogP contribution in [0.25, 0.3) is 10.9 Å². The second kappa shape index (κ2) is 17.9. The lowest BCUT2D eigenvalue weighted by molar-refractivity contribution is -0.137. The van der Waals surface area contributed by atoms with Crippen molar-refractivity contribution >= 4 is 28.4 Å². The van der Waals surface area contributed by atoms with Gasteiger partial charge in [-0.25, -0.2) is 4.98 Å². The molecule has 12 heteroatoms. The zero-order chi connectivity index (χ0) is 39.0. The Morgan fingerprint density at radius 3 is 2.18 bits per heavy atom. The first-order chi connectivity index (χ1) is 26.5. The van der Waals surface area contributed by atoms with Gasteiger partial charge in [-0.15, -0.1) is 0 Å². The number of alkyl halides is 3. The van der Waals surface area contributed by atoms with Crippen molar-refractivity contribution in [3.63, 3.8) is 0 Å². The first-order valence-corrected chi connectivity index (χ1v) is 18.9. The fourth-order valence-corrected chi connectivity index (χ4v) is 6.75. The van der Waals surface area contributed by atoms with Crippen molar-refractivity contribution in [3.05, 3.63) is 114 Å². The maximum atomic E-state index is 13.7. The molecule has 1 aliphatic heterocycles. The Morgan fingerprint density at radius 2 is 1.51 bits per heavy atom. The van der Waals surface area contributed by atoms with Crippen molar-refractivity contribution < 1.29 is 32.2 Å². The third kappa shape index (κ3) is 10.0. The maximum Gasteiger partial charge on any atom is 0.416 e. The zero-order valence-electron chi connectivity index (χ0n) is 31.6. The van der Waals surface area contributed by atoms with Crippen LogP contribution in [0.15, 0.2) is 91.1 Å². The van der Waals surface area contributed by atoms with E-state index in [4.69, 9.17) is 9.47 Å². The number of anilines is 1. The van der Waals surface area contributed by atoms with E-state index < -0.39 is 17.6 Å². The SMILES string of the molecule is CCCCCCCCOc1ccc(CN2CCN(C(=O)c3cc4cc(Oc5ccc(N(C)C(=O)c6ccc(C(F)(F)F)cc6)cn5)ccc4n3C)CC2)cc1. The lowest BCUT2D eigenvalue weighted by atomic mass is 10.1. The van der Waals surface area contributed by atoms with Gasteiger partial charge in [0.25, 0.3) is 11.8 Å². The van der Waals surface area contributed by atoms with E-state index in [-0.39, 0.29) is 17.4 Å². The Balaban J connectivity index is 0.988. The molecule has 0 radical (unpaired) electrons. The molecule has 290 valence electrons. The van der Waals surface area contributed by atoms with Gasteiger partial charge in [0, 0.05) is 69.4 Å². The van der Waals surface area contributed by atoms with E-state index >= 15 is 0 Å². The molecule has 55 heavy (non-hydrogen) atoms. The molecule has 3 heterocycles. The van der Waals surface area contributed by atoms with E-state index in [0.29, 0.717) is 30.2 Å². The number of benzene rings is 3. The molecule has 2 aromatic heterocycles. The Kier molecular flexibility index (Phi) is 12.8. The molecule has 1 aliphatic rings. The molecule has 0 N–H and O–H groups in total. The monoisotopic (exact) mass is 755 g/mol. The molecule has 2 amide bonds. The second-order valence-corrected chi connectivity index (χ2v) is 14.0. The van der Waals surface area contributed by atoms with Crippen LogP contribution in [-0.2, 0) is 19.8 Å². The van der Waals surface area contributed by atoms with E-state index in [1.165, 1.54) is 55.8 Å². The van der Waals surface area contributed by atoms with Crippen molar-refractivity contribution in [2.75, 3.05) is 44.7 Å². The first-order valence-electron chi connectivity index (χ1n) is 18.9. The lowest BCUT2D eigenvalue weighted by Gasteiger charge is -2.34. The largest absolute Gasteiger partial charge is 0.494 e. The minimum absolute atomic E-state index is 0.0140. The number of nitrogens with zero attached hydrogens (tertiary/aromatic N) is 5. The highest BCUT2D eigenvalue weighted by atomic mass is 19.4. The Bertz CT molecular complexity index is 2040. The minimum Gasteiger partial charge on any atom is -0.494 e. The quantitative estimate of drug-likeness (QED) is 0.0992. The Labute approximate surface area is 320 Å². The van der Waals surface area contributed by atoms with Gasteiger partial charge in [0.05, 0.1) is 24.1 Å². The highest BCUT2D eigenvalue weighted by Gasteiger charge is 2.30. The van der Waals surface area contributed by atoms with Crippen LogP contribution in [0.5, 0.6) is 17.4 Å². The van der Waals surface area contributed by atoms with Gasteiger partial charge in [0.15, 0.2) is 0 Å². The van der Waals surface area contributed by atoms with E-state index in [2.05, 4.69) is 41.1 Å². The first kappa shape index (κ1) is 39.3. The summed E-state index contributed by atoms with van der Waals surface area (Å²) in [5.41, 5.74) is 2.45. The van der Waals surface area contributed by atoms with E-state index in [1.54, 1.807) is 18.2 Å². The molecule has 0 bridgehead atoms. The number of halogens is 3. The van der Waals surface area contributed by atoms with Gasteiger partial charge in [0.1, 0.15) is 17.2 Å². The maximum absolute atomic E-state index is 13.7. The van der Waals surface area contributed by atoms with E-state index in [1.807, 2.05) is 34.7 Å². The highest BCUT2D eigenvalue weighted by molar-refractivity contribution is 6.05. The number of rotatable bonds is 15. The van der Waals surface area contributed by atoms with Crippen LogP contribution in [0.2, 0.25) is 0 Å². The predicted molar refractivity (Wildman–Crippen MR) is 208 cm³/mol. The molecular weight excluding hydrogens is 707 g/mol. The molecule has 0 unspecified atom stereocenters. The van der Waals surface area contributed by atoms with Crippen molar-refractivity contribution in [1.29, 1.82) is 0 Å². The fraction of sp³-hybridized carbons (Fsp3) is 0.372. The number of piperazine rings is 1. The molecule has 6 rings (SSSR count). The number of hydrogen-bond acceptors (Lipinski definition) is 6. The summed E-state index contributed by atoms with van der Waals surface area (Å²) in [5.74, 6) is 1.24. The number of hydrogen-bond donors (Lipinski definition) is 0. The summed E-state index contributed by atoms with van der Waals surface area (Å²) in [4.78, 5) is 36.5. The van der Waals surface area contributed by atoms with Crippen LogP contribution in [0.4, 0.5) is 18.9 Å². The van der Waals surface area contributed by atoms with Gasteiger partial charge in [0.2, 0.25) is 5.88 Å². The van der Waals surface area contributed by atoms with Crippen LogP contribution in [-0.4, -0.2) is 71.0 Å². The van der Waals surface area contributed by atoms with Gasteiger partial charge in [-0.2, -0.15) is 13.2 Å². The summed E-state index contributed by atoms with van der Waals surface area (Å²) in [6.07, 6.45) is 4.44. The molecule has 1 fully saturated rings. The molecule has 0 atom stereocenters. The van der Waals surface area contributed by atoms with Gasteiger partial charge in [-0.1, -0.05) is 51.2 Å². The number of pyridine rings is 1. The molecule has 1 saturated heterocycles. The Morgan fingerprint density at radius 1 is 0.818 bits per heavy atom. The van der Waals surface area contributed by atoms with Crippen LogP contribution < -0.4 is 14.4 Å². The smallest absolute Gasteiger partial charge is 0.416 e. The molecule has 0 aliphatic carbocycles. The lowest BCUT2D eigenvalue weighted by Crippen LogP contribution is -2.48. The number of aromatic nitrogens is 2. The Hall–Kier alpha value is -5.36. The van der Waals surface area contributed by atoms with E-state index in [0.717, 1.165) is 73.6 Å². The average Bonchev–Trinajstić information content (AvgIpc) is 3.52. The van der Waals surface area contributed by atoms with Gasteiger partial charge in [-0.05, 0) is 78.7 Å². The van der Waals surface area contributed by atoms with E-state index in [9.17, 15) is 22.8 Å².